The largest absolute Gasteiger partial charge is 0.378 e. The third kappa shape index (κ3) is 3.20. The number of H-pyrrole nitrogens is 1. The van der Waals surface area contributed by atoms with Crippen LogP contribution in [-0.4, -0.2) is 47.8 Å². The summed E-state index contributed by atoms with van der Waals surface area (Å²) in [5, 5.41) is 5.61. The van der Waals surface area contributed by atoms with Crippen LogP contribution in [0.1, 0.15) is 22.9 Å². The van der Waals surface area contributed by atoms with E-state index in [9.17, 15) is 0 Å². The highest BCUT2D eigenvalue weighted by atomic mass is 127. The van der Waals surface area contributed by atoms with Crippen molar-refractivity contribution in [3.63, 3.8) is 0 Å². The van der Waals surface area contributed by atoms with Crippen molar-refractivity contribution >= 4 is 51.0 Å². The van der Waals surface area contributed by atoms with Crippen LogP contribution in [0.2, 0.25) is 5.02 Å². The molecular formula is C19H19ClIN5O. The second-order valence-electron chi connectivity index (χ2n) is 6.88. The Morgan fingerprint density at radius 3 is 2.74 bits per heavy atom. The van der Waals surface area contributed by atoms with Gasteiger partial charge in [-0.1, -0.05) is 11.6 Å². The quantitative estimate of drug-likeness (QED) is 0.534. The van der Waals surface area contributed by atoms with Crippen LogP contribution in [0.4, 0.5) is 5.95 Å². The molecule has 6 nitrogen and oxygen atoms in total. The normalized spacial score (nSPS) is 20.1. The number of halogens is 2. The van der Waals surface area contributed by atoms with E-state index in [2.05, 4.69) is 53.8 Å². The summed E-state index contributed by atoms with van der Waals surface area (Å²) in [4.78, 5) is 15.0. The number of ether oxygens (including phenoxy) is 1. The van der Waals surface area contributed by atoms with Gasteiger partial charge in [0.1, 0.15) is 0 Å². The molecule has 2 aliphatic heterocycles. The summed E-state index contributed by atoms with van der Waals surface area (Å²) in [6, 6.07) is 4.12. The minimum atomic E-state index is 0.0643. The van der Waals surface area contributed by atoms with Crippen molar-refractivity contribution in [3.05, 3.63) is 49.9 Å². The smallest absolute Gasteiger partial charge is 0.225 e. The predicted octanol–water partition coefficient (Wildman–Crippen LogP) is 3.29. The first-order valence-electron chi connectivity index (χ1n) is 9.08. The van der Waals surface area contributed by atoms with Gasteiger partial charge in [-0.2, -0.15) is 0 Å². The molecule has 0 amide bonds. The molecule has 2 aromatic heterocycles. The summed E-state index contributed by atoms with van der Waals surface area (Å²) in [5.41, 5.74) is 4.76. The monoisotopic (exact) mass is 495 g/mol. The van der Waals surface area contributed by atoms with Gasteiger partial charge in [-0.15, -0.1) is 0 Å². The first-order chi connectivity index (χ1) is 13.2. The third-order valence-corrected chi connectivity index (χ3v) is 6.33. The highest BCUT2D eigenvalue weighted by Gasteiger charge is 2.27. The molecule has 3 aromatic rings. The molecule has 1 aromatic carbocycles. The Morgan fingerprint density at radius 1 is 1.19 bits per heavy atom. The molecule has 4 heterocycles. The van der Waals surface area contributed by atoms with Gasteiger partial charge in [-0.3, -0.25) is 0 Å². The summed E-state index contributed by atoms with van der Waals surface area (Å²) >= 11 is 8.64. The number of anilines is 1. The van der Waals surface area contributed by atoms with Gasteiger partial charge >= 0.3 is 0 Å². The van der Waals surface area contributed by atoms with Crippen LogP contribution in [0, 0.1) is 3.57 Å². The molecule has 0 radical (unpaired) electrons. The molecule has 2 N–H and O–H groups in total. The Balaban J connectivity index is 1.51. The standard InChI is InChI=1S/C19H19ClIN5O/c20-12-7-14-13-1-2-22-16(18(13)25-17(14)15(21)8-12)11-9-23-19(24-10-11)26-3-5-27-6-4-26/h7-10,16,22,25H,1-6H2. The SMILES string of the molecule is Clc1cc(I)c2[nH]c3c(c2c1)CCNC3c1cnc(N2CCOCC2)nc1. The molecule has 0 spiro atoms. The van der Waals surface area contributed by atoms with Crippen LogP contribution in [-0.2, 0) is 11.2 Å². The second-order valence-corrected chi connectivity index (χ2v) is 8.48. The number of nitrogens with zero attached hydrogens (tertiary/aromatic N) is 3. The number of nitrogens with one attached hydrogen (secondary N) is 2. The predicted molar refractivity (Wildman–Crippen MR) is 115 cm³/mol. The van der Waals surface area contributed by atoms with E-state index in [4.69, 9.17) is 16.3 Å². The Kier molecular flexibility index (Phi) is 4.71. The highest BCUT2D eigenvalue weighted by Crippen LogP contribution is 2.36. The van der Waals surface area contributed by atoms with Gasteiger partial charge in [-0.05, 0) is 46.7 Å². The molecule has 0 bridgehead atoms. The van der Waals surface area contributed by atoms with Crippen LogP contribution < -0.4 is 10.2 Å². The maximum absolute atomic E-state index is 6.30. The lowest BCUT2D eigenvalue weighted by Crippen LogP contribution is -2.37. The Hall–Kier alpha value is -1.42. The minimum absolute atomic E-state index is 0.0643. The van der Waals surface area contributed by atoms with Gasteiger partial charge in [-0.25, -0.2) is 9.97 Å². The van der Waals surface area contributed by atoms with Crippen LogP contribution in [0.15, 0.2) is 24.5 Å². The zero-order chi connectivity index (χ0) is 18.4. The van der Waals surface area contributed by atoms with E-state index in [1.54, 1.807) is 0 Å². The molecule has 27 heavy (non-hydrogen) atoms. The molecule has 1 atom stereocenters. The minimum Gasteiger partial charge on any atom is -0.378 e. The maximum atomic E-state index is 6.30. The zero-order valence-electron chi connectivity index (χ0n) is 14.6. The summed E-state index contributed by atoms with van der Waals surface area (Å²) < 4.78 is 6.55. The van der Waals surface area contributed by atoms with Crippen molar-refractivity contribution in [1.82, 2.24) is 20.3 Å². The number of morpholine rings is 1. The zero-order valence-corrected chi connectivity index (χ0v) is 17.5. The molecule has 1 unspecified atom stereocenters. The molecule has 1 fully saturated rings. The molecular weight excluding hydrogens is 477 g/mol. The molecule has 2 aliphatic rings. The fraction of sp³-hybridized carbons (Fsp3) is 0.368. The number of rotatable bonds is 2. The van der Waals surface area contributed by atoms with Crippen molar-refractivity contribution in [1.29, 1.82) is 0 Å². The van der Waals surface area contributed by atoms with Gasteiger partial charge in [0.2, 0.25) is 5.95 Å². The molecule has 140 valence electrons. The molecule has 1 saturated heterocycles. The van der Waals surface area contributed by atoms with Gasteiger partial charge in [0, 0.05) is 57.3 Å². The number of hydrogen-bond acceptors (Lipinski definition) is 5. The van der Waals surface area contributed by atoms with Crippen molar-refractivity contribution < 1.29 is 4.74 Å². The number of benzene rings is 1. The van der Waals surface area contributed by atoms with E-state index in [0.29, 0.717) is 0 Å². The lowest BCUT2D eigenvalue weighted by molar-refractivity contribution is 0.122. The van der Waals surface area contributed by atoms with Crippen LogP contribution >= 0.6 is 34.2 Å². The van der Waals surface area contributed by atoms with Gasteiger partial charge < -0.3 is 19.9 Å². The average Bonchev–Trinajstić information content (AvgIpc) is 3.08. The summed E-state index contributed by atoms with van der Waals surface area (Å²) in [6.07, 6.45) is 4.86. The fourth-order valence-corrected chi connectivity index (χ4v) is 5.11. The lowest BCUT2D eigenvalue weighted by Gasteiger charge is -2.28. The van der Waals surface area contributed by atoms with Crippen LogP contribution in [0.25, 0.3) is 10.9 Å². The van der Waals surface area contributed by atoms with E-state index < -0.39 is 0 Å². The third-order valence-electron chi connectivity index (χ3n) is 5.26. The van der Waals surface area contributed by atoms with Gasteiger partial charge in [0.15, 0.2) is 0 Å². The Labute approximate surface area is 175 Å². The Morgan fingerprint density at radius 2 is 1.96 bits per heavy atom. The van der Waals surface area contributed by atoms with E-state index in [0.717, 1.165) is 64.9 Å². The first kappa shape index (κ1) is 17.7. The Bertz CT molecular complexity index is 984. The first-order valence-corrected chi connectivity index (χ1v) is 10.5. The average molecular weight is 496 g/mol. The molecule has 8 heteroatoms. The highest BCUT2D eigenvalue weighted by molar-refractivity contribution is 14.1. The van der Waals surface area contributed by atoms with Gasteiger partial charge in [0.25, 0.3) is 0 Å². The van der Waals surface area contributed by atoms with Crippen molar-refractivity contribution in [2.45, 2.75) is 12.5 Å². The number of aromatic nitrogens is 3. The van der Waals surface area contributed by atoms with Gasteiger partial charge in [0.05, 0.1) is 24.8 Å². The summed E-state index contributed by atoms with van der Waals surface area (Å²) in [7, 11) is 0. The van der Waals surface area contributed by atoms with Crippen molar-refractivity contribution in [2.75, 3.05) is 37.7 Å². The number of hydrogen-bond donors (Lipinski definition) is 2. The topological polar surface area (TPSA) is 66.1 Å². The van der Waals surface area contributed by atoms with E-state index in [1.807, 2.05) is 18.5 Å². The van der Waals surface area contributed by atoms with Crippen molar-refractivity contribution in [2.24, 2.45) is 0 Å². The number of fused-ring (bicyclic) bond motifs is 3. The van der Waals surface area contributed by atoms with E-state index in [1.165, 1.54) is 16.6 Å². The van der Waals surface area contributed by atoms with Crippen molar-refractivity contribution in [3.8, 4) is 0 Å². The molecule has 5 rings (SSSR count). The summed E-state index contributed by atoms with van der Waals surface area (Å²) in [5.74, 6) is 0.774. The van der Waals surface area contributed by atoms with Crippen LogP contribution in [0.5, 0.6) is 0 Å². The maximum Gasteiger partial charge on any atom is 0.225 e. The second kappa shape index (κ2) is 7.20. The summed E-state index contributed by atoms with van der Waals surface area (Å²) in [6.45, 7) is 4.06. The van der Waals surface area contributed by atoms with E-state index in [-0.39, 0.29) is 6.04 Å². The molecule has 0 saturated carbocycles. The fourth-order valence-electron chi connectivity index (χ4n) is 3.94. The molecule has 0 aliphatic carbocycles. The van der Waals surface area contributed by atoms with Crippen LogP contribution in [0.3, 0.4) is 0 Å². The lowest BCUT2D eigenvalue weighted by atomic mass is 9.96. The number of aromatic amines is 1. The van der Waals surface area contributed by atoms with E-state index >= 15 is 0 Å².